The van der Waals surface area contributed by atoms with Crippen molar-refractivity contribution < 1.29 is 19.1 Å². The van der Waals surface area contributed by atoms with Crippen molar-refractivity contribution in [2.45, 2.75) is 92.5 Å². The summed E-state index contributed by atoms with van der Waals surface area (Å²) in [5.74, 6) is 1.17. The molecule has 0 aromatic carbocycles. The maximum atomic E-state index is 11.4. The van der Waals surface area contributed by atoms with E-state index in [1.165, 1.54) is 0 Å². The molecule has 7 heteroatoms. The van der Waals surface area contributed by atoms with Gasteiger partial charge in [0, 0.05) is 0 Å². The molecule has 0 spiro atoms. The summed E-state index contributed by atoms with van der Waals surface area (Å²) in [4.78, 5) is 22.8. The van der Waals surface area contributed by atoms with Gasteiger partial charge in [-0.1, -0.05) is 27.7 Å². The van der Waals surface area contributed by atoms with E-state index >= 15 is 0 Å². The normalized spacial score (nSPS) is 12.5. The molecular formula is C21H46N2O4S. The lowest BCUT2D eigenvalue weighted by atomic mass is 10.0. The van der Waals surface area contributed by atoms with Crippen molar-refractivity contribution in [3.05, 3.63) is 0 Å². The van der Waals surface area contributed by atoms with Crippen LogP contribution in [-0.2, 0) is 19.1 Å². The Hall–Kier alpha value is -0.790. The van der Waals surface area contributed by atoms with Crippen LogP contribution in [0.3, 0.4) is 0 Å². The highest BCUT2D eigenvalue weighted by atomic mass is 32.2. The van der Waals surface area contributed by atoms with Crippen LogP contribution >= 0.6 is 11.8 Å². The quantitative estimate of drug-likeness (QED) is 0.489. The van der Waals surface area contributed by atoms with Crippen LogP contribution < -0.4 is 10.6 Å². The van der Waals surface area contributed by atoms with Crippen molar-refractivity contribution >= 4 is 23.7 Å². The summed E-state index contributed by atoms with van der Waals surface area (Å²) >= 11 is 1.73. The Morgan fingerprint density at radius 2 is 1.21 bits per heavy atom. The summed E-state index contributed by atoms with van der Waals surface area (Å²) in [5.41, 5.74) is 0. The fraction of sp³-hybridized carbons (Fsp3) is 0.905. The summed E-state index contributed by atoms with van der Waals surface area (Å²) in [5, 5.41) is 5.92. The van der Waals surface area contributed by atoms with E-state index < -0.39 is 0 Å². The molecular weight excluding hydrogens is 376 g/mol. The summed E-state index contributed by atoms with van der Waals surface area (Å²) < 4.78 is 10.2. The Labute approximate surface area is 178 Å². The number of nitrogens with one attached hydrogen (secondary N) is 2. The number of hydrogen-bond acceptors (Lipinski definition) is 7. The lowest BCUT2D eigenvalue weighted by Crippen LogP contribution is -2.37. The summed E-state index contributed by atoms with van der Waals surface area (Å²) in [6.45, 7) is 15.6. The number of esters is 2. The first-order valence-corrected chi connectivity index (χ1v) is 11.7. The fourth-order valence-corrected chi connectivity index (χ4v) is 2.52. The van der Waals surface area contributed by atoms with Gasteiger partial charge in [0.2, 0.25) is 0 Å². The van der Waals surface area contributed by atoms with Crippen LogP contribution in [0.15, 0.2) is 0 Å². The standard InChI is InChI=1S/C10H21NO2.C9H19NO2S.C2H6/c1-7(2)6-9(11-5)10(12)13-8(3)4;1-7(2)12-9(11)8(10-3)5-6-13-4;1-2/h7-9,11H,6H2,1-5H3;7-8,10H,5-6H2,1-4H3;1-2H3. The zero-order valence-corrected chi connectivity index (χ0v) is 20.9. The van der Waals surface area contributed by atoms with Crippen LogP contribution in [-0.4, -0.2) is 62.3 Å². The molecule has 0 aliphatic rings. The van der Waals surface area contributed by atoms with Crippen LogP contribution in [0.2, 0.25) is 0 Å². The largest absolute Gasteiger partial charge is 0.462 e. The minimum atomic E-state index is -0.164. The van der Waals surface area contributed by atoms with E-state index in [-0.39, 0.29) is 36.2 Å². The smallest absolute Gasteiger partial charge is 0.323 e. The van der Waals surface area contributed by atoms with E-state index in [4.69, 9.17) is 9.47 Å². The Kier molecular flexibility index (Phi) is 23.8. The molecule has 0 amide bonds. The first-order valence-electron chi connectivity index (χ1n) is 10.3. The van der Waals surface area contributed by atoms with Gasteiger partial charge in [-0.3, -0.25) is 9.59 Å². The molecule has 0 fully saturated rings. The van der Waals surface area contributed by atoms with Crippen molar-refractivity contribution in [2.75, 3.05) is 26.1 Å². The fourth-order valence-electron chi connectivity index (χ4n) is 2.05. The second kappa shape index (κ2) is 20.9. The van der Waals surface area contributed by atoms with Crippen molar-refractivity contribution in [1.82, 2.24) is 10.6 Å². The first-order chi connectivity index (χ1) is 13.1. The van der Waals surface area contributed by atoms with Gasteiger partial charge in [0.1, 0.15) is 12.1 Å². The van der Waals surface area contributed by atoms with E-state index in [1.54, 1.807) is 25.9 Å². The second-order valence-electron chi connectivity index (χ2n) is 7.06. The highest BCUT2D eigenvalue weighted by Gasteiger charge is 2.20. The van der Waals surface area contributed by atoms with Gasteiger partial charge in [-0.05, 0) is 72.6 Å². The number of ether oxygens (including phenoxy) is 2. The number of carbonyl (C=O) groups is 2. The minimum absolute atomic E-state index is 0.0300. The van der Waals surface area contributed by atoms with E-state index in [0.717, 1.165) is 18.6 Å². The molecule has 170 valence electrons. The van der Waals surface area contributed by atoms with Crippen molar-refractivity contribution in [1.29, 1.82) is 0 Å². The molecule has 0 saturated carbocycles. The van der Waals surface area contributed by atoms with Crippen LogP contribution in [0.1, 0.15) is 68.2 Å². The number of hydrogen-bond donors (Lipinski definition) is 2. The van der Waals surface area contributed by atoms with E-state index in [1.807, 2.05) is 47.8 Å². The van der Waals surface area contributed by atoms with Gasteiger partial charge in [0.15, 0.2) is 0 Å². The number of carbonyl (C=O) groups excluding carboxylic acids is 2. The van der Waals surface area contributed by atoms with Gasteiger partial charge in [0.25, 0.3) is 0 Å². The SMILES string of the molecule is CC.CNC(CC(C)C)C(=O)OC(C)C.CNC(CCSC)C(=O)OC(C)C. The lowest BCUT2D eigenvalue weighted by Gasteiger charge is -2.18. The molecule has 0 radical (unpaired) electrons. The monoisotopic (exact) mass is 422 g/mol. The predicted molar refractivity (Wildman–Crippen MR) is 122 cm³/mol. The molecule has 0 aromatic rings. The summed E-state index contributed by atoms with van der Waals surface area (Å²) in [7, 11) is 3.57. The van der Waals surface area contributed by atoms with Gasteiger partial charge in [0.05, 0.1) is 12.2 Å². The topological polar surface area (TPSA) is 76.7 Å². The van der Waals surface area contributed by atoms with Gasteiger partial charge < -0.3 is 20.1 Å². The van der Waals surface area contributed by atoms with Crippen molar-refractivity contribution in [3.63, 3.8) is 0 Å². The Morgan fingerprint density at radius 1 is 0.821 bits per heavy atom. The number of rotatable bonds is 11. The second-order valence-corrected chi connectivity index (χ2v) is 8.05. The van der Waals surface area contributed by atoms with Gasteiger partial charge in [-0.25, -0.2) is 0 Å². The van der Waals surface area contributed by atoms with Gasteiger partial charge >= 0.3 is 11.9 Å². The zero-order chi connectivity index (χ0) is 22.7. The molecule has 0 aliphatic carbocycles. The third-order valence-electron chi connectivity index (χ3n) is 3.29. The minimum Gasteiger partial charge on any atom is -0.462 e. The van der Waals surface area contributed by atoms with E-state index in [2.05, 4.69) is 24.5 Å². The average molecular weight is 423 g/mol. The van der Waals surface area contributed by atoms with Crippen LogP contribution in [0, 0.1) is 5.92 Å². The van der Waals surface area contributed by atoms with Crippen LogP contribution in [0.5, 0.6) is 0 Å². The Bertz CT molecular complexity index is 377. The summed E-state index contributed by atoms with van der Waals surface area (Å²) in [6, 6.07) is -0.322. The van der Waals surface area contributed by atoms with Crippen molar-refractivity contribution in [2.24, 2.45) is 5.92 Å². The molecule has 2 unspecified atom stereocenters. The van der Waals surface area contributed by atoms with Gasteiger partial charge in [-0.2, -0.15) is 11.8 Å². The molecule has 0 heterocycles. The number of thioether (sulfide) groups is 1. The molecule has 0 saturated heterocycles. The van der Waals surface area contributed by atoms with Gasteiger partial charge in [-0.15, -0.1) is 0 Å². The van der Waals surface area contributed by atoms with Crippen molar-refractivity contribution in [3.8, 4) is 0 Å². The molecule has 2 N–H and O–H groups in total. The van der Waals surface area contributed by atoms with E-state index in [9.17, 15) is 9.59 Å². The lowest BCUT2D eigenvalue weighted by molar-refractivity contribution is -0.151. The Balaban J connectivity index is -0.000000410. The molecule has 0 aromatic heterocycles. The van der Waals surface area contributed by atoms with E-state index in [0.29, 0.717) is 5.92 Å². The summed E-state index contributed by atoms with van der Waals surface area (Å²) in [6.07, 6.45) is 3.61. The molecule has 28 heavy (non-hydrogen) atoms. The predicted octanol–water partition coefficient (Wildman–Crippen LogP) is 3.88. The first kappa shape index (κ1) is 31.9. The maximum absolute atomic E-state index is 11.4. The molecule has 6 nitrogen and oxygen atoms in total. The number of likely N-dealkylation sites (N-methyl/N-ethyl adjacent to an activating group) is 2. The average Bonchev–Trinajstić information content (AvgIpc) is 2.61. The highest BCUT2D eigenvalue weighted by Crippen LogP contribution is 2.07. The zero-order valence-electron chi connectivity index (χ0n) is 20.0. The molecule has 0 bridgehead atoms. The molecule has 0 rings (SSSR count). The molecule has 0 aliphatic heterocycles. The maximum Gasteiger partial charge on any atom is 0.323 e. The Morgan fingerprint density at radius 3 is 1.50 bits per heavy atom. The molecule has 2 atom stereocenters. The van der Waals surface area contributed by atoms with Crippen LogP contribution in [0.4, 0.5) is 0 Å². The van der Waals surface area contributed by atoms with Crippen LogP contribution in [0.25, 0.3) is 0 Å². The highest BCUT2D eigenvalue weighted by molar-refractivity contribution is 7.98. The third kappa shape index (κ3) is 20.0. The third-order valence-corrected chi connectivity index (χ3v) is 3.93.